The Bertz CT molecular complexity index is 713. The van der Waals surface area contributed by atoms with Crippen molar-refractivity contribution in [1.82, 2.24) is 14.5 Å². The smallest absolute Gasteiger partial charge is 0.257 e. The molecule has 26 heavy (non-hydrogen) atoms. The van der Waals surface area contributed by atoms with Crippen LogP contribution in [0.3, 0.4) is 0 Å². The van der Waals surface area contributed by atoms with Crippen molar-refractivity contribution in [1.29, 1.82) is 0 Å². The Morgan fingerprint density at radius 2 is 1.92 bits per heavy atom. The summed E-state index contributed by atoms with van der Waals surface area (Å²) in [6.45, 7) is 2.54. The summed E-state index contributed by atoms with van der Waals surface area (Å²) < 4.78 is 32.9. The average Bonchev–Trinajstić information content (AvgIpc) is 2.64. The van der Waals surface area contributed by atoms with Crippen LogP contribution >= 0.6 is 0 Å². The monoisotopic (exact) mass is 383 g/mol. The molecule has 0 atom stereocenters. The van der Waals surface area contributed by atoms with Crippen LogP contribution < -0.4 is 9.46 Å². The minimum Gasteiger partial charge on any atom is -0.496 e. The standard InChI is InChI=1S/C18H29N3O4S/c1-20(2)11-7-10-19-26(23,24)15-8-9-17(25-3)16(14-15)18(22)21-12-5-4-6-13-21/h8-9,14,19H,4-7,10-13H2,1-3H3. The number of piperidine rings is 1. The number of sulfonamides is 1. The predicted molar refractivity (Wildman–Crippen MR) is 101 cm³/mol. The molecule has 146 valence electrons. The number of nitrogens with zero attached hydrogens (tertiary/aromatic N) is 2. The van der Waals surface area contributed by atoms with Crippen LogP contribution in [0.25, 0.3) is 0 Å². The first-order valence-corrected chi connectivity index (χ1v) is 10.4. The van der Waals surface area contributed by atoms with Crippen molar-refractivity contribution in [3.05, 3.63) is 23.8 Å². The van der Waals surface area contributed by atoms with E-state index in [9.17, 15) is 13.2 Å². The van der Waals surface area contributed by atoms with Gasteiger partial charge in [0, 0.05) is 19.6 Å². The Balaban J connectivity index is 2.18. The van der Waals surface area contributed by atoms with E-state index in [0.29, 0.717) is 37.4 Å². The second kappa shape index (κ2) is 9.34. The summed E-state index contributed by atoms with van der Waals surface area (Å²) >= 11 is 0. The number of nitrogens with one attached hydrogen (secondary N) is 1. The maximum Gasteiger partial charge on any atom is 0.257 e. The maximum atomic E-state index is 12.8. The summed E-state index contributed by atoms with van der Waals surface area (Å²) in [5, 5.41) is 0. The first kappa shape index (κ1) is 20.7. The van der Waals surface area contributed by atoms with Gasteiger partial charge in [0.2, 0.25) is 10.0 Å². The van der Waals surface area contributed by atoms with Crippen molar-refractivity contribution >= 4 is 15.9 Å². The molecule has 0 aliphatic carbocycles. The molecule has 0 unspecified atom stereocenters. The molecule has 0 radical (unpaired) electrons. The van der Waals surface area contributed by atoms with Gasteiger partial charge in [0.1, 0.15) is 5.75 Å². The Hall–Kier alpha value is -1.64. The van der Waals surface area contributed by atoms with Gasteiger partial charge < -0.3 is 14.5 Å². The van der Waals surface area contributed by atoms with E-state index in [-0.39, 0.29) is 10.8 Å². The first-order valence-electron chi connectivity index (χ1n) is 8.97. The van der Waals surface area contributed by atoms with E-state index in [1.807, 2.05) is 19.0 Å². The van der Waals surface area contributed by atoms with E-state index in [0.717, 1.165) is 25.8 Å². The number of hydrogen-bond acceptors (Lipinski definition) is 5. The molecule has 0 saturated carbocycles. The minimum atomic E-state index is -3.66. The van der Waals surface area contributed by atoms with Crippen LogP contribution in [0.15, 0.2) is 23.1 Å². The molecule has 1 aromatic carbocycles. The molecule has 1 aliphatic heterocycles. The Kier molecular flexibility index (Phi) is 7.43. The molecule has 1 aromatic rings. The van der Waals surface area contributed by atoms with Gasteiger partial charge in [-0.1, -0.05) is 0 Å². The van der Waals surface area contributed by atoms with E-state index in [2.05, 4.69) is 4.72 Å². The number of likely N-dealkylation sites (tertiary alicyclic amines) is 1. The largest absolute Gasteiger partial charge is 0.496 e. The molecule has 1 N–H and O–H groups in total. The van der Waals surface area contributed by atoms with Gasteiger partial charge in [0.15, 0.2) is 0 Å². The van der Waals surface area contributed by atoms with Crippen LogP contribution in [0.2, 0.25) is 0 Å². The van der Waals surface area contributed by atoms with Crippen LogP contribution in [-0.2, 0) is 10.0 Å². The fraction of sp³-hybridized carbons (Fsp3) is 0.611. The highest BCUT2D eigenvalue weighted by Crippen LogP contribution is 2.25. The molecule has 1 fully saturated rings. The summed E-state index contributed by atoms with van der Waals surface area (Å²) in [6.07, 6.45) is 3.77. The van der Waals surface area contributed by atoms with Gasteiger partial charge in [-0.2, -0.15) is 0 Å². The van der Waals surface area contributed by atoms with Crippen LogP contribution in [0.4, 0.5) is 0 Å². The van der Waals surface area contributed by atoms with Crippen molar-refractivity contribution in [2.75, 3.05) is 47.4 Å². The van der Waals surface area contributed by atoms with Crippen LogP contribution in [0.5, 0.6) is 5.75 Å². The van der Waals surface area contributed by atoms with Gasteiger partial charge in [-0.25, -0.2) is 13.1 Å². The Morgan fingerprint density at radius 1 is 1.23 bits per heavy atom. The number of carbonyl (C=O) groups excluding carboxylic acids is 1. The normalized spacial score (nSPS) is 15.3. The minimum absolute atomic E-state index is 0.0866. The Morgan fingerprint density at radius 3 is 2.54 bits per heavy atom. The maximum absolute atomic E-state index is 12.8. The number of ether oxygens (including phenoxy) is 1. The van der Waals surface area contributed by atoms with E-state index >= 15 is 0 Å². The molecule has 1 amide bonds. The summed E-state index contributed by atoms with van der Waals surface area (Å²) in [6, 6.07) is 4.44. The molecule has 0 aromatic heterocycles. The van der Waals surface area contributed by atoms with E-state index in [4.69, 9.17) is 4.74 Å². The van der Waals surface area contributed by atoms with Gasteiger partial charge in [-0.15, -0.1) is 0 Å². The predicted octanol–water partition coefficient (Wildman–Crippen LogP) is 1.55. The van der Waals surface area contributed by atoms with Crippen LogP contribution in [-0.4, -0.2) is 71.5 Å². The molecule has 1 saturated heterocycles. The lowest BCUT2D eigenvalue weighted by Gasteiger charge is -2.27. The highest BCUT2D eigenvalue weighted by Gasteiger charge is 2.24. The fourth-order valence-corrected chi connectivity index (χ4v) is 4.07. The SMILES string of the molecule is COc1ccc(S(=O)(=O)NCCCN(C)C)cc1C(=O)N1CCCCC1. The van der Waals surface area contributed by atoms with Crippen molar-refractivity contribution in [3.63, 3.8) is 0 Å². The van der Waals surface area contributed by atoms with Gasteiger partial charge >= 0.3 is 0 Å². The average molecular weight is 384 g/mol. The second-order valence-electron chi connectivity index (χ2n) is 6.77. The van der Waals surface area contributed by atoms with Gasteiger partial charge in [-0.3, -0.25) is 4.79 Å². The molecule has 2 rings (SSSR count). The Labute approximate surface area is 156 Å². The lowest BCUT2D eigenvalue weighted by atomic mass is 10.1. The lowest BCUT2D eigenvalue weighted by Crippen LogP contribution is -2.36. The number of carbonyl (C=O) groups is 1. The molecule has 7 nitrogen and oxygen atoms in total. The third-order valence-electron chi connectivity index (χ3n) is 4.43. The topological polar surface area (TPSA) is 79.0 Å². The highest BCUT2D eigenvalue weighted by atomic mass is 32.2. The van der Waals surface area contributed by atoms with Crippen LogP contribution in [0.1, 0.15) is 36.0 Å². The van der Waals surface area contributed by atoms with Crippen molar-refractivity contribution < 1.29 is 17.9 Å². The second-order valence-corrected chi connectivity index (χ2v) is 8.54. The number of rotatable bonds is 8. The summed E-state index contributed by atoms with van der Waals surface area (Å²) in [5.74, 6) is 0.221. The fourth-order valence-electron chi connectivity index (χ4n) is 2.97. The van der Waals surface area contributed by atoms with Gasteiger partial charge in [0.25, 0.3) is 5.91 Å². The molecular weight excluding hydrogens is 354 g/mol. The van der Waals surface area contributed by atoms with E-state index < -0.39 is 10.0 Å². The number of benzene rings is 1. The molecule has 1 aliphatic rings. The molecule has 8 heteroatoms. The summed E-state index contributed by atoms with van der Waals surface area (Å²) in [7, 11) is 1.70. The summed E-state index contributed by atoms with van der Waals surface area (Å²) in [5.41, 5.74) is 0.297. The van der Waals surface area contributed by atoms with Crippen molar-refractivity contribution in [2.45, 2.75) is 30.6 Å². The summed E-state index contributed by atoms with van der Waals surface area (Å²) in [4.78, 5) is 16.7. The molecule has 0 spiro atoms. The quantitative estimate of drug-likeness (QED) is 0.689. The van der Waals surface area contributed by atoms with Crippen LogP contribution in [0, 0.1) is 0 Å². The van der Waals surface area contributed by atoms with E-state index in [1.165, 1.54) is 19.2 Å². The first-order chi connectivity index (χ1) is 12.3. The van der Waals surface area contributed by atoms with Crippen molar-refractivity contribution in [2.24, 2.45) is 0 Å². The highest BCUT2D eigenvalue weighted by molar-refractivity contribution is 7.89. The zero-order chi connectivity index (χ0) is 19.2. The zero-order valence-electron chi connectivity index (χ0n) is 15.8. The number of methoxy groups -OCH3 is 1. The third-order valence-corrected chi connectivity index (χ3v) is 5.89. The third kappa shape index (κ3) is 5.43. The van der Waals surface area contributed by atoms with E-state index in [1.54, 1.807) is 11.0 Å². The van der Waals surface area contributed by atoms with Gasteiger partial charge in [0.05, 0.1) is 17.6 Å². The molecular formula is C18H29N3O4S. The number of amides is 1. The molecule has 1 heterocycles. The van der Waals surface area contributed by atoms with Gasteiger partial charge in [-0.05, 0) is 64.5 Å². The zero-order valence-corrected chi connectivity index (χ0v) is 16.6. The number of hydrogen-bond donors (Lipinski definition) is 1. The molecule has 0 bridgehead atoms. The van der Waals surface area contributed by atoms with Crippen molar-refractivity contribution in [3.8, 4) is 5.75 Å². The lowest BCUT2D eigenvalue weighted by molar-refractivity contribution is 0.0720.